The summed E-state index contributed by atoms with van der Waals surface area (Å²) in [7, 11) is 0. The molecular weight excluding hydrogens is 316 g/mol. The molecule has 1 aromatic carbocycles. The van der Waals surface area contributed by atoms with E-state index in [0.29, 0.717) is 21.7 Å². The number of fused-ring (bicyclic) bond motifs is 1. The number of aromatic nitrogens is 3. The number of carbonyl (C=O) groups excluding carboxylic acids is 1. The highest BCUT2D eigenvalue weighted by molar-refractivity contribution is 8.00. The molecule has 2 aromatic heterocycles. The number of H-pyrrole nitrogens is 2. The molecule has 1 amide bonds. The van der Waals surface area contributed by atoms with Crippen LogP contribution in [0.3, 0.4) is 0 Å². The molecular formula is C15H14N4O3S. The smallest absolute Gasteiger partial charge is 0.323 e. The lowest BCUT2D eigenvalue weighted by atomic mass is 10.2. The Hall–Kier alpha value is -2.74. The Morgan fingerprint density at radius 2 is 2.04 bits per heavy atom. The predicted octanol–water partition coefficient (Wildman–Crippen LogP) is 1.61. The molecule has 0 spiro atoms. The van der Waals surface area contributed by atoms with E-state index in [4.69, 9.17) is 0 Å². The first-order chi connectivity index (χ1) is 11.0. The van der Waals surface area contributed by atoms with Gasteiger partial charge in [0.25, 0.3) is 5.03 Å². The van der Waals surface area contributed by atoms with Gasteiger partial charge in [0.05, 0.1) is 16.3 Å². The van der Waals surface area contributed by atoms with Gasteiger partial charge >= 0.3 is 5.69 Å². The van der Waals surface area contributed by atoms with Crippen LogP contribution in [0.1, 0.15) is 6.92 Å². The van der Waals surface area contributed by atoms with E-state index in [9.17, 15) is 14.8 Å². The van der Waals surface area contributed by atoms with E-state index in [1.54, 1.807) is 43.3 Å². The second-order valence-electron chi connectivity index (χ2n) is 4.95. The van der Waals surface area contributed by atoms with Gasteiger partial charge in [-0.25, -0.2) is 4.79 Å². The number of pyridine rings is 1. The molecule has 0 aliphatic rings. The first kappa shape index (κ1) is 15.2. The van der Waals surface area contributed by atoms with Gasteiger partial charge in [0.15, 0.2) is 6.20 Å². The molecule has 23 heavy (non-hydrogen) atoms. The topological polar surface area (TPSA) is 105 Å². The van der Waals surface area contributed by atoms with Crippen molar-refractivity contribution in [3.05, 3.63) is 58.3 Å². The van der Waals surface area contributed by atoms with Crippen LogP contribution < -0.4 is 15.7 Å². The number of amides is 1. The first-order valence-corrected chi connectivity index (χ1v) is 7.78. The van der Waals surface area contributed by atoms with E-state index >= 15 is 0 Å². The zero-order valence-electron chi connectivity index (χ0n) is 12.2. The molecule has 1 atom stereocenters. The van der Waals surface area contributed by atoms with E-state index in [0.717, 1.165) is 4.73 Å². The molecule has 8 heteroatoms. The number of nitrogens with one attached hydrogen (secondary N) is 3. The molecule has 7 nitrogen and oxygen atoms in total. The molecule has 0 bridgehead atoms. The lowest BCUT2D eigenvalue weighted by molar-refractivity contribution is -0.645. The van der Waals surface area contributed by atoms with Gasteiger partial charge in [-0.15, -0.1) is 0 Å². The maximum atomic E-state index is 12.2. The number of nitrogens with zero attached hydrogens (tertiary/aromatic N) is 1. The number of imidazole rings is 1. The van der Waals surface area contributed by atoms with Crippen LogP contribution in [0.25, 0.3) is 11.0 Å². The van der Waals surface area contributed by atoms with Gasteiger partial charge in [-0.2, -0.15) is 4.73 Å². The maximum absolute atomic E-state index is 12.2. The SMILES string of the molecule is CC(Sc1cccc[n+]1[O-])C(=O)Nc1ccc2[nH]c(=O)[nH]c2c1. The minimum Gasteiger partial charge on any atom is -0.618 e. The van der Waals surface area contributed by atoms with Gasteiger partial charge in [-0.05, 0) is 43.0 Å². The zero-order valence-corrected chi connectivity index (χ0v) is 13.0. The maximum Gasteiger partial charge on any atom is 0.323 e. The summed E-state index contributed by atoms with van der Waals surface area (Å²) in [4.78, 5) is 28.7. The Balaban J connectivity index is 1.72. The molecule has 3 N–H and O–H groups in total. The highest BCUT2D eigenvalue weighted by Crippen LogP contribution is 2.21. The van der Waals surface area contributed by atoms with Crippen molar-refractivity contribution in [2.75, 3.05) is 5.32 Å². The van der Waals surface area contributed by atoms with Crippen LogP contribution in [0.4, 0.5) is 5.69 Å². The van der Waals surface area contributed by atoms with E-state index in [1.807, 2.05) is 0 Å². The Morgan fingerprint density at radius 3 is 2.83 bits per heavy atom. The summed E-state index contributed by atoms with van der Waals surface area (Å²) >= 11 is 1.18. The van der Waals surface area contributed by atoms with Crippen molar-refractivity contribution in [3.8, 4) is 0 Å². The van der Waals surface area contributed by atoms with Gasteiger partial charge in [-0.1, -0.05) is 0 Å². The Labute approximate surface area is 135 Å². The first-order valence-electron chi connectivity index (χ1n) is 6.91. The van der Waals surface area contributed by atoms with E-state index in [1.165, 1.54) is 18.0 Å². The van der Waals surface area contributed by atoms with Gasteiger partial charge in [0, 0.05) is 17.8 Å². The highest BCUT2D eigenvalue weighted by atomic mass is 32.2. The fourth-order valence-electron chi connectivity index (χ4n) is 2.09. The lowest BCUT2D eigenvalue weighted by Crippen LogP contribution is -2.30. The van der Waals surface area contributed by atoms with Crippen LogP contribution in [-0.4, -0.2) is 21.1 Å². The van der Waals surface area contributed by atoms with Gasteiger partial charge < -0.3 is 20.5 Å². The quantitative estimate of drug-likeness (QED) is 0.384. The summed E-state index contributed by atoms with van der Waals surface area (Å²) in [5, 5.41) is 14.4. The molecule has 118 valence electrons. The van der Waals surface area contributed by atoms with Crippen molar-refractivity contribution in [1.29, 1.82) is 0 Å². The summed E-state index contributed by atoms with van der Waals surface area (Å²) in [5.41, 5.74) is 1.57. The minimum atomic E-state index is -0.446. The number of carbonyl (C=O) groups is 1. The third kappa shape index (κ3) is 3.37. The summed E-state index contributed by atoms with van der Waals surface area (Å²) in [6.07, 6.45) is 1.39. The van der Waals surface area contributed by atoms with Crippen LogP contribution in [-0.2, 0) is 4.79 Å². The molecule has 3 aromatic rings. The number of anilines is 1. The summed E-state index contributed by atoms with van der Waals surface area (Å²) in [6.45, 7) is 1.73. The lowest BCUT2D eigenvalue weighted by Gasteiger charge is -2.11. The minimum absolute atomic E-state index is 0.226. The third-order valence-electron chi connectivity index (χ3n) is 3.24. The fraction of sp³-hybridized carbons (Fsp3) is 0.133. The third-order valence-corrected chi connectivity index (χ3v) is 4.36. The molecule has 0 saturated carbocycles. The highest BCUT2D eigenvalue weighted by Gasteiger charge is 2.18. The number of aromatic amines is 2. The van der Waals surface area contributed by atoms with Gasteiger partial charge in [0.1, 0.15) is 0 Å². The number of benzene rings is 1. The second-order valence-corrected chi connectivity index (χ2v) is 6.31. The molecule has 2 heterocycles. The normalized spacial score (nSPS) is 12.2. The number of hydrogen-bond acceptors (Lipinski definition) is 4. The average Bonchev–Trinajstić information content (AvgIpc) is 2.88. The largest absolute Gasteiger partial charge is 0.618 e. The van der Waals surface area contributed by atoms with Crippen LogP contribution >= 0.6 is 11.8 Å². The molecule has 0 aliphatic heterocycles. The number of thioether (sulfide) groups is 1. The van der Waals surface area contributed by atoms with Gasteiger partial charge in [0.2, 0.25) is 5.91 Å². The van der Waals surface area contributed by atoms with Crippen molar-refractivity contribution in [3.63, 3.8) is 0 Å². The van der Waals surface area contributed by atoms with E-state index in [2.05, 4.69) is 15.3 Å². The van der Waals surface area contributed by atoms with E-state index in [-0.39, 0.29) is 11.6 Å². The van der Waals surface area contributed by atoms with Crippen molar-refractivity contribution in [2.45, 2.75) is 17.2 Å². The van der Waals surface area contributed by atoms with E-state index < -0.39 is 5.25 Å². The van der Waals surface area contributed by atoms with Crippen LogP contribution in [0.5, 0.6) is 0 Å². The standard InChI is InChI=1S/C15H14N4O3S/c1-9(23-13-4-2-3-7-19(13)22)14(20)16-10-5-6-11-12(8-10)18-15(21)17-11/h2-9H,1H3,(H,16,20)(H2,17,18,21). The number of rotatable bonds is 4. The van der Waals surface area contributed by atoms with Crippen LogP contribution in [0.15, 0.2) is 52.4 Å². The van der Waals surface area contributed by atoms with Crippen molar-refractivity contribution in [1.82, 2.24) is 9.97 Å². The summed E-state index contributed by atoms with van der Waals surface area (Å²) < 4.78 is 0.727. The fourth-order valence-corrected chi connectivity index (χ4v) is 2.94. The molecule has 3 rings (SSSR count). The second kappa shape index (κ2) is 6.17. The van der Waals surface area contributed by atoms with Crippen molar-refractivity contribution >= 4 is 34.4 Å². The zero-order chi connectivity index (χ0) is 16.4. The Kier molecular flexibility index (Phi) is 4.07. The predicted molar refractivity (Wildman–Crippen MR) is 88.3 cm³/mol. The Morgan fingerprint density at radius 1 is 1.26 bits per heavy atom. The Bertz CT molecular complexity index is 918. The number of hydrogen-bond donors (Lipinski definition) is 3. The molecule has 0 fully saturated rings. The van der Waals surface area contributed by atoms with Crippen LogP contribution in [0.2, 0.25) is 0 Å². The average molecular weight is 330 g/mol. The summed E-state index contributed by atoms with van der Waals surface area (Å²) in [5.74, 6) is -0.226. The van der Waals surface area contributed by atoms with Crippen molar-refractivity contribution in [2.24, 2.45) is 0 Å². The molecule has 0 radical (unpaired) electrons. The van der Waals surface area contributed by atoms with Crippen molar-refractivity contribution < 1.29 is 9.52 Å². The van der Waals surface area contributed by atoms with Crippen LogP contribution in [0, 0.1) is 5.21 Å². The van der Waals surface area contributed by atoms with Gasteiger partial charge in [-0.3, -0.25) is 4.79 Å². The molecule has 1 unspecified atom stereocenters. The molecule has 0 aliphatic carbocycles. The monoisotopic (exact) mass is 330 g/mol. The summed E-state index contributed by atoms with van der Waals surface area (Å²) in [6, 6.07) is 10.1. The molecule has 0 saturated heterocycles.